The first-order valence-corrected chi connectivity index (χ1v) is 8.30. The highest BCUT2D eigenvalue weighted by atomic mass is 16.5. The van der Waals surface area contributed by atoms with Crippen molar-refractivity contribution in [2.45, 2.75) is 19.9 Å². The van der Waals surface area contributed by atoms with Crippen LogP contribution in [-0.2, 0) is 0 Å². The Bertz CT molecular complexity index is 725. The number of amides is 2. The molecular weight excluding hydrogens is 322 g/mol. The van der Waals surface area contributed by atoms with Crippen molar-refractivity contribution in [1.29, 1.82) is 0 Å². The maximum atomic E-state index is 12.4. The maximum Gasteiger partial charge on any atom is 0.318 e. The van der Waals surface area contributed by atoms with E-state index in [2.05, 4.69) is 15.3 Å². The molecule has 0 saturated carbocycles. The van der Waals surface area contributed by atoms with Gasteiger partial charge >= 0.3 is 6.03 Å². The predicted molar refractivity (Wildman–Crippen MR) is 92.8 cm³/mol. The van der Waals surface area contributed by atoms with Gasteiger partial charge in [-0.25, -0.2) is 9.78 Å². The molecule has 1 aliphatic rings. The Labute approximate surface area is 146 Å². The van der Waals surface area contributed by atoms with Crippen LogP contribution in [0.5, 0.6) is 5.88 Å². The number of urea groups is 1. The Kier molecular flexibility index (Phi) is 5.06. The SMILES string of the molecule is COc1ccnc(N2CCN(C(=O)N[C@H](C)c3ccc(C)o3)CC2)n1. The number of nitrogens with one attached hydrogen (secondary N) is 1. The molecule has 1 aliphatic heterocycles. The average molecular weight is 345 g/mol. The summed E-state index contributed by atoms with van der Waals surface area (Å²) in [4.78, 5) is 24.9. The van der Waals surface area contributed by atoms with Crippen LogP contribution in [0.2, 0.25) is 0 Å². The Morgan fingerprint density at radius 2 is 2.04 bits per heavy atom. The number of carbonyl (C=O) groups excluding carboxylic acids is 1. The molecule has 1 saturated heterocycles. The van der Waals surface area contributed by atoms with Gasteiger partial charge in [0, 0.05) is 38.4 Å². The fourth-order valence-corrected chi connectivity index (χ4v) is 2.74. The van der Waals surface area contributed by atoms with Gasteiger partial charge in [0.2, 0.25) is 11.8 Å². The lowest BCUT2D eigenvalue weighted by Crippen LogP contribution is -2.52. The lowest BCUT2D eigenvalue weighted by molar-refractivity contribution is 0.189. The van der Waals surface area contributed by atoms with Crippen molar-refractivity contribution in [2.75, 3.05) is 38.2 Å². The fraction of sp³-hybridized carbons (Fsp3) is 0.471. The number of carbonyl (C=O) groups is 1. The predicted octanol–water partition coefficient (Wildman–Crippen LogP) is 1.98. The quantitative estimate of drug-likeness (QED) is 0.912. The van der Waals surface area contributed by atoms with Crippen LogP contribution in [0.4, 0.5) is 10.7 Å². The second-order valence-electron chi connectivity index (χ2n) is 5.99. The van der Waals surface area contributed by atoms with E-state index in [1.54, 1.807) is 24.3 Å². The van der Waals surface area contributed by atoms with E-state index in [1.807, 2.05) is 30.9 Å². The van der Waals surface area contributed by atoms with Gasteiger partial charge in [-0.15, -0.1) is 0 Å². The summed E-state index contributed by atoms with van der Waals surface area (Å²) in [5, 5.41) is 2.98. The van der Waals surface area contributed by atoms with Crippen LogP contribution in [0.15, 0.2) is 28.8 Å². The molecule has 3 heterocycles. The minimum Gasteiger partial charge on any atom is -0.481 e. The van der Waals surface area contributed by atoms with E-state index in [-0.39, 0.29) is 12.1 Å². The first-order valence-electron chi connectivity index (χ1n) is 8.30. The largest absolute Gasteiger partial charge is 0.481 e. The third-order valence-electron chi connectivity index (χ3n) is 4.20. The standard InChI is InChI=1S/C17H23N5O3/c1-12-4-5-14(25-12)13(2)19-17(23)22-10-8-21(9-11-22)16-18-7-6-15(20-16)24-3/h4-7,13H,8-11H2,1-3H3,(H,19,23)/t13-/m1/s1. The van der Waals surface area contributed by atoms with Crippen molar-refractivity contribution in [3.8, 4) is 5.88 Å². The highest BCUT2D eigenvalue weighted by molar-refractivity contribution is 5.75. The number of hydrogen-bond donors (Lipinski definition) is 1. The van der Waals surface area contributed by atoms with Gasteiger partial charge in [-0.05, 0) is 26.0 Å². The Hall–Kier alpha value is -2.77. The van der Waals surface area contributed by atoms with Gasteiger partial charge in [-0.3, -0.25) is 0 Å². The number of nitrogens with zero attached hydrogens (tertiary/aromatic N) is 4. The molecule has 1 fully saturated rings. The third kappa shape index (κ3) is 4.01. The molecule has 8 heteroatoms. The van der Waals surface area contributed by atoms with Crippen LogP contribution < -0.4 is 15.0 Å². The minimum atomic E-state index is -0.166. The highest BCUT2D eigenvalue weighted by Gasteiger charge is 2.24. The number of methoxy groups -OCH3 is 1. The van der Waals surface area contributed by atoms with Crippen LogP contribution in [0.25, 0.3) is 0 Å². The number of aromatic nitrogens is 2. The summed E-state index contributed by atoms with van der Waals surface area (Å²) in [6, 6.07) is 5.24. The first-order chi connectivity index (χ1) is 12.1. The van der Waals surface area contributed by atoms with Gasteiger partial charge in [0.1, 0.15) is 11.5 Å². The summed E-state index contributed by atoms with van der Waals surface area (Å²) >= 11 is 0. The molecule has 0 aromatic carbocycles. The van der Waals surface area contributed by atoms with Crippen LogP contribution in [0.1, 0.15) is 24.5 Å². The second kappa shape index (κ2) is 7.42. The first kappa shape index (κ1) is 17.1. The van der Waals surface area contributed by atoms with Gasteiger partial charge in [0.25, 0.3) is 0 Å². The number of piperazine rings is 1. The summed E-state index contributed by atoms with van der Waals surface area (Å²) in [7, 11) is 1.58. The molecule has 0 bridgehead atoms. The van der Waals surface area contributed by atoms with E-state index in [4.69, 9.17) is 9.15 Å². The van der Waals surface area contributed by atoms with Crippen molar-refractivity contribution >= 4 is 12.0 Å². The third-order valence-corrected chi connectivity index (χ3v) is 4.20. The van der Waals surface area contributed by atoms with E-state index in [0.717, 1.165) is 11.5 Å². The lowest BCUT2D eigenvalue weighted by Gasteiger charge is -2.35. The molecule has 25 heavy (non-hydrogen) atoms. The minimum absolute atomic E-state index is 0.0900. The molecule has 2 aromatic heterocycles. The van der Waals surface area contributed by atoms with Crippen molar-refractivity contribution in [3.63, 3.8) is 0 Å². The second-order valence-corrected chi connectivity index (χ2v) is 5.99. The maximum absolute atomic E-state index is 12.4. The van der Waals surface area contributed by atoms with Crippen LogP contribution in [-0.4, -0.2) is 54.2 Å². The number of anilines is 1. The zero-order chi connectivity index (χ0) is 17.8. The van der Waals surface area contributed by atoms with Gasteiger partial charge in [-0.2, -0.15) is 4.98 Å². The Balaban J connectivity index is 1.53. The molecule has 0 aliphatic carbocycles. The summed E-state index contributed by atoms with van der Waals surface area (Å²) in [6.45, 7) is 6.37. The van der Waals surface area contributed by atoms with E-state index in [1.165, 1.54) is 0 Å². The number of furan rings is 1. The summed E-state index contributed by atoms with van der Waals surface area (Å²) in [5.74, 6) is 2.75. The lowest BCUT2D eigenvalue weighted by atomic mass is 10.2. The number of rotatable bonds is 4. The molecule has 1 atom stereocenters. The topological polar surface area (TPSA) is 83.7 Å². The molecular formula is C17H23N5O3. The molecule has 134 valence electrons. The molecule has 2 aromatic rings. The molecule has 8 nitrogen and oxygen atoms in total. The fourth-order valence-electron chi connectivity index (χ4n) is 2.74. The number of ether oxygens (including phenoxy) is 1. The molecule has 3 rings (SSSR count). The highest BCUT2D eigenvalue weighted by Crippen LogP contribution is 2.17. The van der Waals surface area contributed by atoms with Crippen molar-refractivity contribution in [3.05, 3.63) is 35.9 Å². The Morgan fingerprint density at radius 3 is 2.68 bits per heavy atom. The summed E-state index contributed by atoms with van der Waals surface area (Å²) in [6.07, 6.45) is 1.67. The van der Waals surface area contributed by atoms with E-state index in [0.29, 0.717) is 38.0 Å². The summed E-state index contributed by atoms with van der Waals surface area (Å²) in [5.41, 5.74) is 0. The summed E-state index contributed by atoms with van der Waals surface area (Å²) < 4.78 is 10.7. The van der Waals surface area contributed by atoms with E-state index < -0.39 is 0 Å². The van der Waals surface area contributed by atoms with Gasteiger partial charge < -0.3 is 24.3 Å². The van der Waals surface area contributed by atoms with Crippen molar-refractivity contribution < 1.29 is 13.9 Å². The van der Waals surface area contributed by atoms with Crippen LogP contribution in [0.3, 0.4) is 0 Å². The van der Waals surface area contributed by atoms with Crippen molar-refractivity contribution in [1.82, 2.24) is 20.2 Å². The molecule has 2 amide bonds. The Morgan fingerprint density at radius 1 is 1.28 bits per heavy atom. The molecule has 0 unspecified atom stereocenters. The monoisotopic (exact) mass is 345 g/mol. The van der Waals surface area contributed by atoms with Crippen molar-refractivity contribution in [2.24, 2.45) is 0 Å². The normalized spacial score (nSPS) is 15.8. The van der Waals surface area contributed by atoms with Gasteiger partial charge in [-0.1, -0.05) is 0 Å². The number of hydrogen-bond acceptors (Lipinski definition) is 6. The van der Waals surface area contributed by atoms with Gasteiger partial charge in [0.05, 0.1) is 13.2 Å². The number of aryl methyl sites for hydroxylation is 1. The smallest absolute Gasteiger partial charge is 0.318 e. The van der Waals surface area contributed by atoms with E-state index in [9.17, 15) is 4.79 Å². The van der Waals surface area contributed by atoms with Gasteiger partial charge in [0.15, 0.2) is 0 Å². The zero-order valence-electron chi connectivity index (χ0n) is 14.7. The molecule has 1 N–H and O–H groups in total. The molecule has 0 spiro atoms. The average Bonchev–Trinajstić information content (AvgIpc) is 3.08. The van der Waals surface area contributed by atoms with Crippen LogP contribution in [0, 0.1) is 6.92 Å². The molecule has 0 radical (unpaired) electrons. The zero-order valence-corrected chi connectivity index (χ0v) is 14.7. The van der Waals surface area contributed by atoms with Crippen LogP contribution >= 0.6 is 0 Å². The van der Waals surface area contributed by atoms with E-state index >= 15 is 0 Å².